The van der Waals surface area contributed by atoms with E-state index in [1.165, 1.54) is 25.3 Å². The maximum absolute atomic E-state index is 13.1. The van der Waals surface area contributed by atoms with Crippen LogP contribution in [0.1, 0.15) is 28.4 Å². The average molecular weight is 376 g/mol. The van der Waals surface area contributed by atoms with Gasteiger partial charge in [0.25, 0.3) is 6.43 Å². The maximum atomic E-state index is 13.1. The summed E-state index contributed by atoms with van der Waals surface area (Å²) < 4.78 is 36.5. The van der Waals surface area contributed by atoms with Crippen molar-refractivity contribution in [2.45, 2.75) is 13.3 Å². The van der Waals surface area contributed by atoms with Crippen LogP contribution in [-0.2, 0) is 0 Å². The number of benzene rings is 1. The number of carboxylic acids is 1. The number of rotatable bonds is 6. The van der Waals surface area contributed by atoms with Crippen LogP contribution in [0.3, 0.4) is 0 Å². The molecule has 0 bridgehead atoms. The normalized spacial score (nSPS) is 10.9. The Hall–Kier alpha value is -3.56. The molecule has 0 atom stereocenters. The molecule has 0 unspecified atom stereocenters. The number of nitrogens with zero attached hydrogens (tertiary/aromatic N) is 3. The van der Waals surface area contributed by atoms with E-state index in [-0.39, 0.29) is 28.5 Å². The van der Waals surface area contributed by atoms with Crippen molar-refractivity contribution in [3.63, 3.8) is 0 Å². The minimum absolute atomic E-state index is 0.0908. The second-order valence-electron chi connectivity index (χ2n) is 5.43. The topological polar surface area (TPSA) is 110 Å². The zero-order valence-electron chi connectivity index (χ0n) is 14.2. The van der Waals surface area contributed by atoms with Crippen molar-refractivity contribution in [2.75, 3.05) is 12.4 Å². The van der Waals surface area contributed by atoms with Gasteiger partial charge in [-0.05, 0) is 24.3 Å². The van der Waals surface area contributed by atoms with Gasteiger partial charge in [-0.2, -0.15) is 0 Å². The van der Waals surface area contributed by atoms with E-state index in [2.05, 4.69) is 20.5 Å². The van der Waals surface area contributed by atoms with Crippen LogP contribution in [0, 0.1) is 6.92 Å². The third kappa shape index (κ3) is 3.84. The molecule has 0 spiro atoms. The van der Waals surface area contributed by atoms with Crippen LogP contribution in [0.4, 0.5) is 20.5 Å². The van der Waals surface area contributed by atoms with Crippen LogP contribution in [0.5, 0.6) is 5.75 Å². The summed E-state index contributed by atoms with van der Waals surface area (Å²) in [6.07, 6.45) is -1.69. The first-order valence-electron chi connectivity index (χ1n) is 7.66. The van der Waals surface area contributed by atoms with E-state index in [1.807, 2.05) is 0 Å². The van der Waals surface area contributed by atoms with E-state index in [1.54, 1.807) is 6.92 Å². The summed E-state index contributed by atoms with van der Waals surface area (Å²) in [7, 11) is 1.34. The Labute approximate surface area is 151 Å². The molecule has 0 aliphatic rings. The first-order valence-corrected chi connectivity index (χ1v) is 7.66. The van der Waals surface area contributed by atoms with Crippen LogP contribution in [-0.4, -0.2) is 33.4 Å². The van der Waals surface area contributed by atoms with Gasteiger partial charge < -0.3 is 19.6 Å². The summed E-state index contributed by atoms with van der Waals surface area (Å²) in [5.41, 5.74) is 0.187. The van der Waals surface area contributed by atoms with Gasteiger partial charge in [0.1, 0.15) is 11.4 Å². The van der Waals surface area contributed by atoms with Gasteiger partial charge in [0.15, 0.2) is 0 Å². The number of anilines is 2. The summed E-state index contributed by atoms with van der Waals surface area (Å²) in [5.74, 6) is -0.715. The number of carbonyl (C=O) groups is 1. The lowest BCUT2D eigenvalue weighted by molar-refractivity contribution is 0.0697. The highest BCUT2D eigenvalue weighted by molar-refractivity contribution is 5.98. The lowest BCUT2D eigenvalue weighted by Crippen LogP contribution is -2.03. The lowest BCUT2D eigenvalue weighted by Gasteiger charge is -2.14. The van der Waals surface area contributed by atoms with Gasteiger partial charge in [0, 0.05) is 23.7 Å². The number of aryl methyl sites for hydroxylation is 1. The highest BCUT2D eigenvalue weighted by Gasteiger charge is 2.20. The first-order chi connectivity index (χ1) is 12.9. The summed E-state index contributed by atoms with van der Waals surface area (Å²) in [6.45, 7) is 1.62. The number of halogens is 2. The Morgan fingerprint density at radius 3 is 2.63 bits per heavy atom. The summed E-state index contributed by atoms with van der Waals surface area (Å²) in [4.78, 5) is 15.3. The van der Waals surface area contributed by atoms with Crippen LogP contribution in [0.15, 0.2) is 34.9 Å². The van der Waals surface area contributed by atoms with E-state index in [9.17, 15) is 18.7 Å². The van der Waals surface area contributed by atoms with Gasteiger partial charge in [0.05, 0.1) is 18.9 Å². The molecule has 10 heteroatoms. The minimum Gasteiger partial charge on any atom is -0.494 e. The zero-order valence-corrected chi connectivity index (χ0v) is 14.2. The van der Waals surface area contributed by atoms with Crippen molar-refractivity contribution in [2.24, 2.45) is 0 Å². The molecular weight excluding hydrogens is 362 g/mol. The molecule has 8 nitrogen and oxygen atoms in total. The second kappa shape index (κ2) is 7.36. The highest BCUT2D eigenvalue weighted by atomic mass is 19.3. The van der Waals surface area contributed by atoms with Gasteiger partial charge in [-0.1, -0.05) is 5.10 Å². The summed E-state index contributed by atoms with van der Waals surface area (Å²) >= 11 is 0. The maximum Gasteiger partial charge on any atom is 0.336 e. The quantitative estimate of drug-likeness (QED) is 0.668. The van der Waals surface area contributed by atoms with Crippen molar-refractivity contribution in [1.29, 1.82) is 0 Å². The first kappa shape index (κ1) is 18.2. The number of methoxy groups -OCH3 is 1. The Balaban J connectivity index is 2.13. The number of aromatic carboxylic acids is 1. The van der Waals surface area contributed by atoms with E-state index >= 15 is 0 Å². The number of ether oxygens (including phenoxy) is 1. The molecule has 2 aromatic heterocycles. The molecule has 0 aliphatic carbocycles. The van der Waals surface area contributed by atoms with Crippen LogP contribution < -0.4 is 10.1 Å². The van der Waals surface area contributed by atoms with Crippen molar-refractivity contribution in [3.05, 3.63) is 47.6 Å². The molecule has 0 radical (unpaired) electrons. The number of hydrogen-bond donors (Lipinski definition) is 2. The number of pyridine rings is 1. The third-order valence-electron chi connectivity index (χ3n) is 3.65. The van der Waals surface area contributed by atoms with Gasteiger partial charge in [0.2, 0.25) is 5.89 Å². The van der Waals surface area contributed by atoms with E-state index in [0.717, 1.165) is 12.3 Å². The fraction of sp³-hybridized carbons (Fsp3) is 0.176. The van der Waals surface area contributed by atoms with Crippen molar-refractivity contribution >= 4 is 17.7 Å². The fourth-order valence-electron chi connectivity index (χ4n) is 2.45. The van der Waals surface area contributed by atoms with Gasteiger partial charge in [-0.3, -0.25) is 4.98 Å². The molecule has 0 saturated carbocycles. The highest BCUT2D eigenvalue weighted by Crippen LogP contribution is 2.36. The number of aromatic nitrogens is 3. The van der Waals surface area contributed by atoms with E-state index < -0.39 is 18.1 Å². The Morgan fingerprint density at radius 2 is 2.04 bits per heavy atom. The molecule has 2 N–H and O–H groups in total. The average Bonchev–Trinajstić information content (AvgIpc) is 3.05. The summed E-state index contributed by atoms with van der Waals surface area (Å²) in [6, 6.07) is 5.51. The molecule has 2 heterocycles. The molecule has 1 aromatic carbocycles. The number of nitrogens with one attached hydrogen (secondary N) is 1. The summed E-state index contributed by atoms with van der Waals surface area (Å²) in [5, 5.41) is 19.8. The number of alkyl halides is 2. The minimum atomic E-state index is -2.81. The van der Waals surface area contributed by atoms with Crippen LogP contribution in [0.25, 0.3) is 11.1 Å². The molecule has 0 aliphatic heterocycles. The molecule has 3 aromatic rings. The smallest absolute Gasteiger partial charge is 0.336 e. The standard InChI is InChI=1S/C17H14F2N4O4/c1-8-22-23-17(27-8)21-9-3-4-10(16(24)25)11(5-9)12-6-13(15(18)19)20-7-14(12)26-2/h3-7,15H,1-2H3,(H,21,23)(H,24,25). The molecule has 0 fully saturated rings. The number of hydrogen-bond acceptors (Lipinski definition) is 7. The SMILES string of the molecule is COc1cnc(C(F)F)cc1-c1cc(Nc2nnc(C)o2)ccc1C(=O)O. The Bertz CT molecular complexity index is 991. The van der Waals surface area contributed by atoms with Crippen molar-refractivity contribution in [3.8, 4) is 16.9 Å². The molecule has 140 valence electrons. The predicted octanol–water partition coefficient (Wildman–Crippen LogP) is 3.83. The molecule has 0 saturated heterocycles. The van der Waals surface area contributed by atoms with Gasteiger partial charge >= 0.3 is 12.0 Å². The predicted molar refractivity (Wildman–Crippen MR) is 90.5 cm³/mol. The Kier molecular flexibility index (Phi) is 4.97. The number of carboxylic acid groups (broad SMARTS) is 1. The largest absolute Gasteiger partial charge is 0.494 e. The molecule has 3 rings (SSSR count). The van der Waals surface area contributed by atoms with E-state index in [4.69, 9.17) is 9.15 Å². The lowest BCUT2D eigenvalue weighted by atomic mass is 9.98. The Morgan fingerprint density at radius 1 is 1.26 bits per heavy atom. The monoisotopic (exact) mass is 376 g/mol. The molecule has 0 amide bonds. The van der Waals surface area contributed by atoms with Gasteiger partial charge in [-0.15, -0.1) is 5.10 Å². The van der Waals surface area contributed by atoms with Crippen molar-refractivity contribution in [1.82, 2.24) is 15.2 Å². The zero-order chi connectivity index (χ0) is 19.6. The third-order valence-corrected chi connectivity index (χ3v) is 3.65. The molecular formula is C17H14F2N4O4. The fourth-order valence-corrected chi connectivity index (χ4v) is 2.45. The van der Waals surface area contributed by atoms with Gasteiger partial charge in [-0.25, -0.2) is 13.6 Å². The second-order valence-corrected chi connectivity index (χ2v) is 5.43. The molecule has 27 heavy (non-hydrogen) atoms. The van der Waals surface area contributed by atoms with E-state index in [0.29, 0.717) is 11.6 Å². The van der Waals surface area contributed by atoms with Crippen LogP contribution in [0.2, 0.25) is 0 Å². The van der Waals surface area contributed by atoms with Crippen LogP contribution >= 0.6 is 0 Å². The van der Waals surface area contributed by atoms with Crippen molar-refractivity contribution < 1.29 is 27.8 Å².